The molecule has 1 aliphatic carbocycles. The van der Waals surface area contributed by atoms with Gasteiger partial charge in [0.2, 0.25) is 0 Å². The van der Waals surface area contributed by atoms with Gasteiger partial charge in [0, 0.05) is 12.1 Å². The molecule has 0 spiro atoms. The van der Waals surface area contributed by atoms with Crippen molar-refractivity contribution in [3.8, 4) is 0 Å². The summed E-state index contributed by atoms with van der Waals surface area (Å²) in [4.78, 5) is 27.2. The van der Waals surface area contributed by atoms with Crippen LogP contribution in [0.2, 0.25) is 0 Å². The van der Waals surface area contributed by atoms with Crippen LogP contribution in [0.3, 0.4) is 0 Å². The average molecular weight is 733 g/mol. The smallest absolute Gasteiger partial charge is 0.435 e. The number of urea groups is 1. The van der Waals surface area contributed by atoms with Crippen LogP contribution in [-0.4, -0.2) is 82.8 Å². The van der Waals surface area contributed by atoms with E-state index in [-0.39, 0.29) is 49.4 Å². The van der Waals surface area contributed by atoms with Crippen LogP contribution < -0.4 is 5.32 Å². The molecule has 2 fully saturated rings. The highest BCUT2D eigenvalue weighted by molar-refractivity contribution is 7.92. The number of likely N-dealkylation sites (tertiary alicyclic amines) is 1. The highest BCUT2D eigenvalue weighted by atomic mass is 32.2. The van der Waals surface area contributed by atoms with Crippen molar-refractivity contribution >= 4 is 31.7 Å². The third-order valence-corrected chi connectivity index (χ3v) is 13.7. The van der Waals surface area contributed by atoms with Gasteiger partial charge < -0.3 is 15.0 Å². The second-order valence-corrected chi connectivity index (χ2v) is 16.5. The fourth-order valence-electron chi connectivity index (χ4n) is 7.04. The number of esters is 1. The number of ether oxygens (including phenoxy) is 1. The number of hydrogen-bond donors (Lipinski definition) is 1. The van der Waals surface area contributed by atoms with Gasteiger partial charge in [0.15, 0.2) is 19.7 Å². The predicted octanol–water partition coefficient (Wildman–Crippen LogP) is 4.63. The second-order valence-electron chi connectivity index (χ2n) is 12.0. The molecule has 264 valence electrons. The zero-order valence-corrected chi connectivity index (χ0v) is 26.6. The van der Waals surface area contributed by atoms with Crippen molar-refractivity contribution < 1.29 is 66.3 Å². The number of alkyl halides is 7. The summed E-state index contributed by atoms with van der Waals surface area (Å²) in [5, 5.41) is 2.50. The van der Waals surface area contributed by atoms with E-state index in [4.69, 9.17) is 4.74 Å². The molecule has 9 nitrogen and oxygen atoms in total. The number of nitrogens with zero attached hydrogens (tertiary/aromatic N) is 1. The Morgan fingerprint density at radius 1 is 0.938 bits per heavy atom. The molecule has 19 heteroatoms. The number of fused-ring (bicyclic) bond motifs is 3. The van der Waals surface area contributed by atoms with Crippen LogP contribution in [0.15, 0.2) is 47.4 Å². The highest BCUT2D eigenvalue weighted by Gasteiger charge is 2.74. The molecule has 0 aromatic heterocycles. The zero-order chi connectivity index (χ0) is 35.7. The molecule has 5 rings (SSSR count). The molecule has 2 aromatic rings. The summed E-state index contributed by atoms with van der Waals surface area (Å²) in [6.45, 7) is -0.355. The summed E-state index contributed by atoms with van der Waals surface area (Å²) in [5.74, 6) is -2.72. The summed E-state index contributed by atoms with van der Waals surface area (Å²) >= 11 is 0. The SMILES string of the molecule is COC(=O)C1(NC(=O)N2CC[C@@]3(S(=O)(=O)c4ccc(F)cc4)c4ccc(C(F)(C(F)(F)F)C(F)(F)F)cc4CC[C@@H]23)CCS(=O)(=O)CC1. The van der Waals surface area contributed by atoms with Crippen LogP contribution >= 0.6 is 0 Å². The third-order valence-electron chi connectivity index (χ3n) is 9.53. The van der Waals surface area contributed by atoms with Crippen molar-refractivity contribution in [1.82, 2.24) is 10.2 Å². The molecule has 3 aliphatic rings. The lowest BCUT2D eigenvalue weighted by atomic mass is 9.77. The van der Waals surface area contributed by atoms with Crippen LogP contribution in [0.4, 0.5) is 39.9 Å². The quantitative estimate of drug-likeness (QED) is 0.270. The molecule has 2 saturated heterocycles. The van der Waals surface area contributed by atoms with Crippen molar-refractivity contribution in [2.24, 2.45) is 0 Å². The Morgan fingerprint density at radius 2 is 1.52 bits per heavy atom. The first-order valence-electron chi connectivity index (χ1n) is 14.4. The number of aryl methyl sites for hydroxylation is 1. The average Bonchev–Trinajstić information content (AvgIpc) is 3.42. The summed E-state index contributed by atoms with van der Waals surface area (Å²) in [6, 6.07) is 2.34. The molecule has 0 bridgehead atoms. The van der Waals surface area contributed by atoms with Gasteiger partial charge in [-0.2, -0.15) is 26.3 Å². The fraction of sp³-hybridized carbons (Fsp3) is 0.517. The first kappa shape index (κ1) is 35.8. The van der Waals surface area contributed by atoms with Gasteiger partial charge in [-0.3, -0.25) is 0 Å². The van der Waals surface area contributed by atoms with E-state index in [1.165, 1.54) is 0 Å². The van der Waals surface area contributed by atoms with Gasteiger partial charge in [-0.15, -0.1) is 0 Å². The normalized spacial score (nSPS) is 23.9. The van der Waals surface area contributed by atoms with E-state index in [2.05, 4.69) is 5.32 Å². The van der Waals surface area contributed by atoms with Gasteiger partial charge in [-0.25, -0.2) is 35.2 Å². The van der Waals surface area contributed by atoms with E-state index in [1.54, 1.807) is 0 Å². The lowest BCUT2D eigenvalue weighted by Gasteiger charge is -2.44. The number of halogens is 8. The number of rotatable bonds is 5. The third kappa shape index (κ3) is 5.40. The second kappa shape index (κ2) is 11.6. The number of nitrogens with one attached hydrogen (secondary N) is 1. The van der Waals surface area contributed by atoms with Crippen molar-refractivity contribution in [1.29, 1.82) is 0 Å². The van der Waals surface area contributed by atoms with Crippen molar-refractivity contribution in [3.05, 3.63) is 65.0 Å². The van der Waals surface area contributed by atoms with E-state index in [0.717, 1.165) is 36.3 Å². The molecule has 2 aromatic carbocycles. The molecule has 0 unspecified atom stereocenters. The highest BCUT2D eigenvalue weighted by Crippen LogP contribution is 2.56. The molecule has 2 heterocycles. The molecular weight excluding hydrogens is 704 g/mol. The lowest BCUT2D eigenvalue weighted by Crippen LogP contribution is -2.63. The minimum absolute atomic E-state index is 0.210. The van der Waals surface area contributed by atoms with Gasteiger partial charge in [0.25, 0.3) is 0 Å². The Hall–Kier alpha value is -3.48. The number of carbonyl (C=O) groups is 2. The predicted molar refractivity (Wildman–Crippen MR) is 151 cm³/mol. The standard InChI is InChI=1S/C29H28F8N2O7S2/c1-46-23(40)25(11-14-47(42,43)15-12-25)38-24(41)39-13-10-26(48(44,45)20-6-4-19(30)5-7-20)21-8-3-18(16-17(21)2-9-22(26)39)27(31,28(32,33)34)29(35,36)37/h3-8,16,22H,2,9-15H2,1H3,(H,38,41)/t22-,26-/m1/s1. The number of sulfone groups is 2. The number of benzene rings is 2. The largest absolute Gasteiger partial charge is 0.467 e. The Bertz CT molecular complexity index is 1820. The summed E-state index contributed by atoms with van der Waals surface area (Å²) in [5.41, 5.74) is -10.0. The summed E-state index contributed by atoms with van der Waals surface area (Å²) in [7, 11) is -7.27. The van der Waals surface area contributed by atoms with Crippen molar-refractivity contribution in [2.45, 2.75) is 71.3 Å². The number of hydrogen-bond acceptors (Lipinski definition) is 7. The summed E-state index contributed by atoms with van der Waals surface area (Å²) < 4.78 is 166. The molecular formula is C29H28F8N2O7S2. The molecule has 2 amide bonds. The molecule has 2 aliphatic heterocycles. The van der Waals surface area contributed by atoms with Crippen LogP contribution in [0, 0.1) is 5.82 Å². The van der Waals surface area contributed by atoms with Crippen molar-refractivity contribution in [3.63, 3.8) is 0 Å². The van der Waals surface area contributed by atoms with E-state index >= 15 is 4.39 Å². The molecule has 0 radical (unpaired) electrons. The van der Waals surface area contributed by atoms with Crippen LogP contribution in [-0.2, 0) is 46.0 Å². The monoisotopic (exact) mass is 732 g/mol. The van der Waals surface area contributed by atoms with E-state index in [1.807, 2.05) is 0 Å². The minimum Gasteiger partial charge on any atom is -0.467 e. The number of amides is 2. The van der Waals surface area contributed by atoms with Gasteiger partial charge in [0.05, 0.1) is 29.6 Å². The zero-order valence-electron chi connectivity index (χ0n) is 24.9. The van der Waals surface area contributed by atoms with Gasteiger partial charge in [0.1, 0.15) is 16.1 Å². The van der Waals surface area contributed by atoms with Gasteiger partial charge in [-0.1, -0.05) is 18.2 Å². The number of methoxy groups -OCH3 is 1. The molecule has 2 atom stereocenters. The first-order chi connectivity index (χ1) is 22.1. The first-order valence-corrected chi connectivity index (χ1v) is 17.7. The Labute approximate surface area is 269 Å². The Balaban J connectivity index is 1.63. The van der Waals surface area contributed by atoms with Crippen LogP contribution in [0.5, 0.6) is 0 Å². The fourth-order valence-corrected chi connectivity index (χ4v) is 10.9. The topological polar surface area (TPSA) is 127 Å². The maximum absolute atomic E-state index is 15.0. The van der Waals surface area contributed by atoms with E-state index < -0.39 is 100 Å². The van der Waals surface area contributed by atoms with Crippen molar-refractivity contribution in [2.75, 3.05) is 25.2 Å². The van der Waals surface area contributed by atoms with Crippen LogP contribution in [0.25, 0.3) is 0 Å². The molecule has 48 heavy (non-hydrogen) atoms. The summed E-state index contributed by atoms with van der Waals surface area (Å²) in [6.07, 6.45) is -14.8. The molecule has 1 N–H and O–H groups in total. The molecule has 0 saturated carbocycles. The van der Waals surface area contributed by atoms with Crippen LogP contribution in [0.1, 0.15) is 42.4 Å². The lowest BCUT2D eigenvalue weighted by molar-refractivity contribution is -0.348. The van der Waals surface area contributed by atoms with Gasteiger partial charge >= 0.3 is 30.0 Å². The maximum Gasteiger partial charge on any atom is 0.435 e. The van der Waals surface area contributed by atoms with E-state index in [9.17, 15) is 57.2 Å². The number of carbonyl (C=O) groups excluding carboxylic acids is 2. The minimum atomic E-state index is -6.43. The van der Waals surface area contributed by atoms with E-state index in [0.29, 0.717) is 12.1 Å². The maximum atomic E-state index is 15.0. The Kier molecular flexibility index (Phi) is 8.62. The Morgan fingerprint density at radius 3 is 2.06 bits per heavy atom. The van der Waals surface area contributed by atoms with Gasteiger partial charge in [-0.05, 0) is 67.5 Å².